The first-order valence-electron chi connectivity index (χ1n) is 5.91. The molecular formula is C13H19BrN2O. The number of halogens is 1. The van der Waals surface area contributed by atoms with Crippen molar-refractivity contribution in [2.24, 2.45) is 5.73 Å². The van der Waals surface area contributed by atoms with Crippen molar-refractivity contribution in [3.05, 3.63) is 34.3 Å². The van der Waals surface area contributed by atoms with Crippen LogP contribution >= 0.6 is 15.9 Å². The van der Waals surface area contributed by atoms with Gasteiger partial charge in [-0.05, 0) is 18.1 Å². The molecule has 1 amide bonds. The first kappa shape index (κ1) is 14.2. The minimum Gasteiger partial charge on any atom is -0.351 e. The van der Waals surface area contributed by atoms with Gasteiger partial charge in [0.1, 0.15) is 0 Å². The Hall–Kier alpha value is -0.870. The van der Waals surface area contributed by atoms with Gasteiger partial charge in [-0.25, -0.2) is 0 Å². The van der Waals surface area contributed by atoms with Crippen LogP contribution in [0.4, 0.5) is 0 Å². The molecule has 0 radical (unpaired) electrons. The van der Waals surface area contributed by atoms with Gasteiger partial charge in [-0.15, -0.1) is 0 Å². The highest BCUT2D eigenvalue weighted by molar-refractivity contribution is 9.10. The summed E-state index contributed by atoms with van der Waals surface area (Å²) < 4.78 is 1.00. The van der Waals surface area contributed by atoms with Crippen LogP contribution in [0.3, 0.4) is 0 Å². The second kappa shape index (κ2) is 7.45. The monoisotopic (exact) mass is 298 g/mol. The standard InChI is InChI=1S/C13H19BrN2O/c1-2-3-8-12(15)13(17)16-9-10-6-4-5-7-11(10)14/h4-7,12H,2-3,8-9,15H2,1H3,(H,16,17). The third-order valence-corrected chi connectivity index (χ3v) is 3.39. The van der Waals surface area contributed by atoms with Crippen LogP contribution < -0.4 is 11.1 Å². The van der Waals surface area contributed by atoms with Crippen molar-refractivity contribution in [2.75, 3.05) is 0 Å². The Morgan fingerprint density at radius 3 is 2.82 bits per heavy atom. The van der Waals surface area contributed by atoms with Crippen LogP contribution in [-0.4, -0.2) is 11.9 Å². The molecule has 1 rings (SSSR count). The Bertz CT molecular complexity index is 368. The number of unbranched alkanes of at least 4 members (excludes halogenated alkanes) is 1. The molecular weight excluding hydrogens is 280 g/mol. The summed E-state index contributed by atoms with van der Waals surface area (Å²) in [6.45, 7) is 2.60. The van der Waals surface area contributed by atoms with E-state index in [9.17, 15) is 4.79 Å². The van der Waals surface area contributed by atoms with Crippen molar-refractivity contribution in [2.45, 2.75) is 38.8 Å². The quantitative estimate of drug-likeness (QED) is 0.848. The number of hydrogen-bond donors (Lipinski definition) is 2. The normalized spacial score (nSPS) is 12.2. The van der Waals surface area contributed by atoms with E-state index in [0.717, 1.165) is 29.3 Å². The van der Waals surface area contributed by atoms with Gasteiger partial charge in [0.15, 0.2) is 0 Å². The molecule has 0 saturated carbocycles. The third-order valence-electron chi connectivity index (χ3n) is 2.62. The Morgan fingerprint density at radius 2 is 2.18 bits per heavy atom. The highest BCUT2D eigenvalue weighted by Crippen LogP contribution is 2.15. The van der Waals surface area contributed by atoms with Gasteiger partial charge in [-0.2, -0.15) is 0 Å². The van der Waals surface area contributed by atoms with E-state index in [1.807, 2.05) is 24.3 Å². The molecule has 0 bridgehead atoms. The zero-order chi connectivity index (χ0) is 12.7. The maximum absolute atomic E-state index is 11.7. The summed E-state index contributed by atoms with van der Waals surface area (Å²) in [5.41, 5.74) is 6.84. The number of amides is 1. The first-order valence-corrected chi connectivity index (χ1v) is 6.71. The summed E-state index contributed by atoms with van der Waals surface area (Å²) in [6, 6.07) is 7.43. The number of nitrogens with two attached hydrogens (primary N) is 1. The fourth-order valence-electron chi connectivity index (χ4n) is 1.51. The van der Waals surface area contributed by atoms with Crippen molar-refractivity contribution in [1.29, 1.82) is 0 Å². The number of rotatable bonds is 6. The molecule has 3 N–H and O–H groups in total. The van der Waals surface area contributed by atoms with Gasteiger partial charge in [0, 0.05) is 11.0 Å². The fraction of sp³-hybridized carbons (Fsp3) is 0.462. The lowest BCUT2D eigenvalue weighted by Gasteiger charge is -2.12. The second-order valence-electron chi connectivity index (χ2n) is 4.06. The summed E-state index contributed by atoms with van der Waals surface area (Å²) in [5, 5.41) is 2.85. The molecule has 0 aliphatic heterocycles. The summed E-state index contributed by atoms with van der Waals surface area (Å²) in [4.78, 5) is 11.7. The number of hydrogen-bond acceptors (Lipinski definition) is 2. The average Bonchev–Trinajstić information content (AvgIpc) is 2.34. The minimum atomic E-state index is -0.391. The predicted molar refractivity (Wildman–Crippen MR) is 73.5 cm³/mol. The van der Waals surface area contributed by atoms with Gasteiger partial charge in [0.25, 0.3) is 0 Å². The average molecular weight is 299 g/mol. The lowest BCUT2D eigenvalue weighted by Crippen LogP contribution is -2.40. The second-order valence-corrected chi connectivity index (χ2v) is 4.91. The van der Waals surface area contributed by atoms with E-state index < -0.39 is 6.04 Å². The lowest BCUT2D eigenvalue weighted by atomic mass is 10.1. The Balaban J connectivity index is 2.40. The van der Waals surface area contributed by atoms with Crippen LogP contribution in [0.2, 0.25) is 0 Å². The summed E-state index contributed by atoms with van der Waals surface area (Å²) in [7, 11) is 0. The summed E-state index contributed by atoms with van der Waals surface area (Å²) in [5.74, 6) is -0.0748. The maximum Gasteiger partial charge on any atom is 0.237 e. The molecule has 0 saturated heterocycles. The number of carbonyl (C=O) groups is 1. The fourth-order valence-corrected chi connectivity index (χ4v) is 1.94. The topological polar surface area (TPSA) is 55.1 Å². The molecule has 0 fully saturated rings. The highest BCUT2D eigenvalue weighted by Gasteiger charge is 2.12. The Labute approximate surface area is 111 Å². The van der Waals surface area contributed by atoms with Gasteiger partial charge in [-0.3, -0.25) is 4.79 Å². The first-order chi connectivity index (χ1) is 8.15. The van der Waals surface area contributed by atoms with E-state index in [1.54, 1.807) is 0 Å². The van der Waals surface area contributed by atoms with Crippen LogP contribution in [0.1, 0.15) is 31.7 Å². The smallest absolute Gasteiger partial charge is 0.237 e. The summed E-state index contributed by atoms with van der Waals surface area (Å²) in [6.07, 6.45) is 2.80. The predicted octanol–water partition coefficient (Wildman–Crippen LogP) is 2.58. The van der Waals surface area contributed by atoms with Gasteiger partial charge >= 0.3 is 0 Å². The van der Waals surface area contributed by atoms with Crippen molar-refractivity contribution in [3.63, 3.8) is 0 Å². The number of nitrogens with one attached hydrogen (secondary N) is 1. The van der Waals surface area contributed by atoms with Crippen LogP contribution in [-0.2, 0) is 11.3 Å². The largest absolute Gasteiger partial charge is 0.351 e. The van der Waals surface area contributed by atoms with Crippen LogP contribution in [0.25, 0.3) is 0 Å². The molecule has 1 unspecified atom stereocenters. The molecule has 4 heteroatoms. The van der Waals surface area contributed by atoms with E-state index in [4.69, 9.17) is 5.73 Å². The van der Waals surface area contributed by atoms with Crippen molar-refractivity contribution >= 4 is 21.8 Å². The molecule has 1 atom stereocenters. The van der Waals surface area contributed by atoms with Crippen LogP contribution in [0.15, 0.2) is 28.7 Å². The van der Waals surface area contributed by atoms with E-state index in [2.05, 4.69) is 28.2 Å². The zero-order valence-corrected chi connectivity index (χ0v) is 11.7. The Kier molecular flexibility index (Phi) is 6.22. The summed E-state index contributed by atoms with van der Waals surface area (Å²) >= 11 is 3.44. The van der Waals surface area contributed by atoms with E-state index in [-0.39, 0.29) is 5.91 Å². The van der Waals surface area contributed by atoms with Crippen molar-refractivity contribution < 1.29 is 4.79 Å². The van der Waals surface area contributed by atoms with Gasteiger partial charge < -0.3 is 11.1 Å². The van der Waals surface area contributed by atoms with E-state index in [1.165, 1.54) is 0 Å². The molecule has 1 aromatic carbocycles. The molecule has 0 aromatic heterocycles. The van der Waals surface area contributed by atoms with Gasteiger partial charge in [0.05, 0.1) is 6.04 Å². The molecule has 1 aromatic rings. The number of benzene rings is 1. The molecule has 17 heavy (non-hydrogen) atoms. The SMILES string of the molecule is CCCCC(N)C(=O)NCc1ccccc1Br. The third kappa shape index (κ3) is 4.88. The molecule has 0 heterocycles. The highest BCUT2D eigenvalue weighted by atomic mass is 79.9. The molecule has 0 aliphatic carbocycles. The maximum atomic E-state index is 11.7. The van der Waals surface area contributed by atoms with E-state index >= 15 is 0 Å². The minimum absolute atomic E-state index is 0.0748. The number of carbonyl (C=O) groups excluding carboxylic acids is 1. The van der Waals surface area contributed by atoms with Crippen LogP contribution in [0.5, 0.6) is 0 Å². The Morgan fingerprint density at radius 1 is 1.47 bits per heavy atom. The molecule has 0 aliphatic rings. The molecule has 0 spiro atoms. The van der Waals surface area contributed by atoms with Gasteiger partial charge in [-0.1, -0.05) is 53.9 Å². The molecule has 94 valence electrons. The van der Waals surface area contributed by atoms with Crippen molar-refractivity contribution in [1.82, 2.24) is 5.32 Å². The van der Waals surface area contributed by atoms with Crippen LogP contribution in [0, 0.1) is 0 Å². The zero-order valence-electron chi connectivity index (χ0n) is 10.1. The lowest BCUT2D eigenvalue weighted by molar-refractivity contribution is -0.122. The van der Waals surface area contributed by atoms with E-state index in [0.29, 0.717) is 6.54 Å². The molecule has 3 nitrogen and oxygen atoms in total. The van der Waals surface area contributed by atoms with Gasteiger partial charge in [0.2, 0.25) is 5.91 Å². The van der Waals surface area contributed by atoms with Crippen molar-refractivity contribution in [3.8, 4) is 0 Å².